The second kappa shape index (κ2) is 6.74. The summed E-state index contributed by atoms with van der Waals surface area (Å²) in [7, 11) is 0. The zero-order valence-corrected chi connectivity index (χ0v) is 12.6. The molecule has 0 fully saturated rings. The van der Waals surface area contributed by atoms with Crippen molar-refractivity contribution in [2.24, 2.45) is 11.7 Å². The third-order valence-corrected chi connectivity index (χ3v) is 3.53. The Balaban J connectivity index is 3.03. The summed E-state index contributed by atoms with van der Waals surface area (Å²) < 4.78 is 27.0. The van der Waals surface area contributed by atoms with E-state index in [1.165, 1.54) is 17.9 Å². The van der Waals surface area contributed by atoms with Crippen molar-refractivity contribution in [1.29, 1.82) is 0 Å². The summed E-state index contributed by atoms with van der Waals surface area (Å²) in [5.41, 5.74) is 5.61. The molecule has 1 rings (SSSR count). The number of rotatable bonds is 5. The van der Waals surface area contributed by atoms with Crippen molar-refractivity contribution in [2.45, 2.75) is 20.8 Å². The minimum atomic E-state index is -0.862. The van der Waals surface area contributed by atoms with E-state index in [0.717, 1.165) is 6.07 Å². The molecule has 0 saturated carbocycles. The molecule has 110 valence electrons. The fraction of sp³-hybridized carbons (Fsp3) is 0.429. The van der Waals surface area contributed by atoms with Gasteiger partial charge in [-0.2, -0.15) is 0 Å². The van der Waals surface area contributed by atoms with Gasteiger partial charge in [-0.1, -0.05) is 19.1 Å². The van der Waals surface area contributed by atoms with Crippen LogP contribution in [0, 0.1) is 24.5 Å². The lowest BCUT2D eigenvalue weighted by molar-refractivity contribution is 0.0750. The van der Waals surface area contributed by atoms with Gasteiger partial charge in [0.25, 0.3) is 5.91 Å². The van der Waals surface area contributed by atoms with E-state index >= 15 is 0 Å². The number of hydrogen-bond donors (Lipinski definition) is 1. The summed E-state index contributed by atoms with van der Waals surface area (Å²) in [6.45, 7) is 5.75. The maximum Gasteiger partial charge on any atom is 0.256 e. The van der Waals surface area contributed by atoms with E-state index in [4.69, 9.17) is 18.0 Å². The molecule has 0 bridgehead atoms. The molecule has 3 nitrogen and oxygen atoms in total. The first-order valence-corrected chi connectivity index (χ1v) is 6.73. The number of amides is 1. The topological polar surface area (TPSA) is 46.3 Å². The lowest BCUT2D eigenvalue weighted by Crippen LogP contribution is -2.38. The van der Waals surface area contributed by atoms with Crippen molar-refractivity contribution in [1.82, 2.24) is 4.90 Å². The standard InChI is InChI=1S/C14H18F2N2OS/c1-4-18(7-9(3)13(17)20)14(19)10-5-8(2)11(15)6-12(10)16/h5-6,9H,4,7H2,1-3H3,(H2,17,20). The smallest absolute Gasteiger partial charge is 0.256 e. The molecule has 0 saturated heterocycles. The van der Waals surface area contributed by atoms with Gasteiger partial charge in [0.1, 0.15) is 11.6 Å². The fourth-order valence-corrected chi connectivity index (χ4v) is 1.84. The number of aryl methyl sites for hydroxylation is 1. The molecule has 0 aliphatic heterocycles. The maximum atomic E-state index is 13.7. The van der Waals surface area contributed by atoms with Gasteiger partial charge in [-0.3, -0.25) is 4.79 Å². The molecule has 1 amide bonds. The molecule has 0 spiro atoms. The summed E-state index contributed by atoms with van der Waals surface area (Å²) >= 11 is 4.87. The van der Waals surface area contributed by atoms with Gasteiger partial charge in [-0.15, -0.1) is 0 Å². The summed E-state index contributed by atoms with van der Waals surface area (Å²) in [5.74, 6) is -2.19. The van der Waals surface area contributed by atoms with Gasteiger partial charge in [-0.05, 0) is 25.5 Å². The third-order valence-electron chi connectivity index (χ3n) is 3.13. The van der Waals surface area contributed by atoms with E-state index in [2.05, 4.69) is 0 Å². The number of nitrogens with zero attached hydrogens (tertiary/aromatic N) is 1. The van der Waals surface area contributed by atoms with Crippen LogP contribution >= 0.6 is 12.2 Å². The Morgan fingerprint density at radius 1 is 1.40 bits per heavy atom. The van der Waals surface area contributed by atoms with Crippen LogP contribution in [-0.4, -0.2) is 28.9 Å². The summed E-state index contributed by atoms with van der Waals surface area (Å²) in [6.07, 6.45) is 0. The number of benzene rings is 1. The highest BCUT2D eigenvalue weighted by molar-refractivity contribution is 7.80. The van der Waals surface area contributed by atoms with Gasteiger partial charge in [0.15, 0.2) is 0 Å². The third kappa shape index (κ3) is 3.72. The van der Waals surface area contributed by atoms with Gasteiger partial charge >= 0.3 is 0 Å². The zero-order chi connectivity index (χ0) is 15.4. The van der Waals surface area contributed by atoms with Crippen LogP contribution in [0.3, 0.4) is 0 Å². The normalized spacial score (nSPS) is 12.1. The summed E-state index contributed by atoms with van der Waals surface area (Å²) in [4.78, 5) is 14.0. The molecule has 0 heterocycles. The number of halogens is 2. The van der Waals surface area contributed by atoms with E-state index in [-0.39, 0.29) is 17.0 Å². The Bertz CT molecular complexity index is 534. The first-order valence-electron chi connectivity index (χ1n) is 6.32. The first kappa shape index (κ1) is 16.5. The highest BCUT2D eigenvalue weighted by Crippen LogP contribution is 2.17. The van der Waals surface area contributed by atoms with E-state index in [0.29, 0.717) is 18.1 Å². The molecule has 2 N–H and O–H groups in total. The second-order valence-electron chi connectivity index (χ2n) is 4.73. The maximum absolute atomic E-state index is 13.7. The first-order chi connectivity index (χ1) is 9.27. The van der Waals surface area contributed by atoms with Crippen LogP contribution < -0.4 is 5.73 Å². The van der Waals surface area contributed by atoms with E-state index in [9.17, 15) is 13.6 Å². The number of nitrogens with two attached hydrogens (primary N) is 1. The number of hydrogen-bond acceptors (Lipinski definition) is 2. The minimum Gasteiger partial charge on any atom is -0.393 e. The predicted molar refractivity (Wildman–Crippen MR) is 78.6 cm³/mol. The van der Waals surface area contributed by atoms with Crippen molar-refractivity contribution in [3.8, 4) is 0 Å². The van der Waals surface area contributed by atoms with Crippen LogP contribution in [0.4, 0.5) is 8.78 Å². The van der Waals surface area contributed by atoms with Gasteiger partial charge in [0.05, 0.1) is 10.6 Å². The lowest BCUT2D eigenvalue weighted by Gasteiger charge is -2.24. The molecular weight excluding hydrogens is 282 g/mol. The number of carbonyl (C=O) groups excluding carboxylic acids is 1. The Kier molecular flexibility index (Phi) is 5.56. The van der Waals surface area contributed by atoms with Gasteiger partial charge in [-0.25, -0.2) is 8.78 Å². The quantitative estimate of drug-likeness (QED) is 0.850. The molecule has 1 aromatic carbocycles. The SMILES string of the molecule is CCN(CC(C)C(N)=S)C(=O)c1cc(C)c(F)cc1F. The summed E-state index contributed by atoms with van der Waals surface area (Å²) in [6, 6.07) is 1.95. The van der Waals surface area contributed by atoms with Crippen LogP contribution in [0.15, 0.2) is 12.1 Å². The van der Waals surface area contributed by atoms with Crippen molar-refractivity contribution in [3.05, 3.63) is 34.9 Å². The summed E-state index contributed by atoms with van der Waals surface area (Å²) in [5, 5.41) is 0. The molecule has 1 unspecified atom stereocenters. The molecule has 1 aromatic rings. The number of carbonyl (C=O) groups is 1. The highest BCUT2D eigenvalue weighted by atomic mass is 32.1. The average molecular weight is 300 g/mol. The largest absolute Gasteiger partial charge is 0.393 e. The predicted octanol–water partition coefficient (Wildman–Crippen LogP) is 2.66. The van der Waals surface area contributed by atoms with Crippen LogP contribution in [0.1, 0.15) is 29.8 Å². The molecule has 0 aliphatic rings. The molecule has 0 aromatic heterocycles. The second-order valence-corrected chi connectivity index (χ2v) is 5.20. The Morgan fingerprint density at radius 3 is 2.50 bits per heavy atom. The van der Waals surface area contributed by atoms with Crippen LogP contribution in [0.2, 0.25) is 0 Å². The molecule has 6 heteroatoms. The van der Waals surface area contributed by atoms with E-state index in [1.807, 2.05) is 0 Å². The molecule has 1 atom stereocenters. The Labute approximate surface area is 122 Å². The van der Waals surface area contributed by atoms with Gasteiger partial charge < -0.3 is 10.6 Å². The number of thiocarbonyl (C=S) groups is 1. The fourth-order valence-electron chi connectivity index (χ4n) is 1.77. The molecule has 0 radical (unpaired) electrons. The zero-order valence-electron chi connectivity index (χ0n) is 11.7. The van der Waals surface area contributed by atoms with Crippen molar-refractivity contribution >= 4 is 23.1 Å². The van der Waals surface area contributed by atoms with Crippen LogP contribution in [0.5, 0.6) is 0 Å². The van der Waals surface area contributed by atoms with Crippen molar-refractivity contribution in [2.75, 3.05) is 13.1 Å². The van der Waals surface area contributed by atoms with Crippen molar-refractivity contribution in [3.63, 3.8) is 0 Å². The molecule has 0 aliphatic carbocycles. The highest BCUT2D eigenvalue weighted by Gasteiger charge is 2.21. The van der Waals surface area contributed by atoms with Crippen LogP contribution in [0.25, 0.3) is 0 Å². The molecular formula is C14H18F2N2OS. The molecule has 20 heavy (non-hydrogen) atoms. The van der Waals surface area contributed by atoms with Gasteiger partial charge in [0.2, 0.25) is 0 Å². The van der Waals surface area contributed by atoms with Crippen LogP contribution in [-0.2, 0) is 0 Å². The lowest BCUT2D eigenvalue weighted by atomic mass is 10.1. The monoisotopic (exact) mass is 300 g/mol. The Morgan fingerprint density at radius 2 is 2.00 bits per heavy atom. The Hall–Kier alpha value is -1.56. The minimum absolute atomic E-state index is 0.138. The van der Waals surface area contributed by atoms with E-state index in [1.54, 1.807) is 13.8 Å². The van der Waals surface area contributed by atoms with Gasteiger partial charge in [0, 0.05) is 25.1 Å². The van der Waals surface area contributed by atoms with Crippen molar-refractivity contribution < 1.29 is 13.6 Å². The van der Waals surface area contributed by atoms with E-state index < -0.39 is 17.5 Å². The average Bonchev–Trinajstić information content (AvgIpc) is 2.38.